The van der Waals surface area contributed by atoms with E-state index in [1.54, 1.807) is 13.8 Å². The number of hydrogen-bond donors (Lipinski definition) is 2. The van der Waals surface area contributed by atoms with Crippen LogP contribution in [-0.2, 0) is 4.79 Å². The molecule has 1 saturated heterocycles. The highest BCUT2D eigenvalue weighted by molar-refractivity contribution is 8.00. The Hall–Kier alpha value is -0.220. The summed E-state index contributed by atoms with van der Waals surface area (Å²) in [6.07, 6.45) is 1.06. The van der Waals surface area contributed by atoms with E-state index in [1.807, 2.05) is 11.8 Å². The molecule has 2 unspecified atom stereocenters. The normalized spacial score (nSPS) is 28.9. The van der Waals surface area contributed by atoms with Gasteiger partial charge in [0.2, 0.25) is 5.91 Å². The molecule has 0 saturated carbocycles. The van der Waals surface area contributed by atoms with Gasteiger partial charge in [0.15, 0.2) is 0 Å². The number of amides is 1. The van der Waals surface area contributed by atoms with E-state index < -0.39 is 5.54 Å². The van der Waals surface area contributed by atoms with Crippen molar-refractivity contribution in [1.82, 2.24) is 5.32 Å². The van der Waals surface area contributed by atoms with E-state index in [1.165, 1.54) is 0 Å². The number of thioether (sulfide) groups is 1. The van der Waals surface area contributed by atoms with Gasteiger partial charge in [0, 0.05) is 17.0 Å². The summed E-state index contributed by atoms with van der Waals surface area (Å²) in [5.41, 5.74) is 4.92. The van der Waals surface area contributed by atoms with Crippen molar-refractivity contribution in [1.29, 1.82) is 0 Å². The molecular formula is C9H18N2OS. The van der Waals surface area contributed by atoms with Gasteiger partial charge in [0.25, 0.3) is 0 Å². The second kappa shape index (κ2) is 3.88. The molecular weight excluding hydrogens is 184 g/mol. The lowest BCUT2D eigenvalue weighted by Gasteiger charge is -2.21. The van der Waals surface area contributed by atoms with Crippen LogP contribution in [0.3, 0.4) is 0 Å². The Morgan fingerprint density at radius 1 is 1.62 bits per heavy atom. The zero-order chi connectivity index (χ0) is 10.1. The Labute approximate surface area is 83.8 Å². The molecule has 0 aromatic rings. The number of nitrogens with two attached hydrogens (primary N) is 1. The summed E-state index contributed by atoms with van der Waals surface area (Å²) in [5, 5.41) is 3.62. The minimum absolute atomic E-state index is 0.0489. The van der Waals surface area contributed by atoms with Gasteiger partial charge in [-0.1, -0.05) is 6.92 Å². The molecule has 76 valence electrons. The van der Waals surface area contributed by atoms with Crippen LogP contribution in [0.5, 0.6) is 0 Å². The van der Waals surface area contributed by atoms with E-state index in [0.29, 0.717) is 11.3 Å². The van der Waals surface area contributed by atoms with Crippen LogP contribution in [0.15, 0.2) is 0 Å². The maximum Gasteiger partial charge on any atom is 0.239 e. The molecule has 0 aliphatic carbocycles. The average Bonchev–Trinajstić information content (AvgIpc) is 2.33. The summed E-state index contributed by atoms with van der Waals surface area (Å²) >= 11 is 1.90. The van der Waals surface area contributed by atoms with Crippen LogP contribution < -0.4 is 11.1 Å². The lowest BCUT2D eigenvalue weighted by Crippen LogP contribution is -2.52. The zero-order valence-electron chi connectivity index (χ0n) is 8.46. The van der Waals surface area contributed by atoms with Crippen LogP contribution in [-0.4, -0.2) is 28.5 Å². The fourth-order valence-electron chi connectivity index (χ4n) is 1.29. The molecule has 0 spiro atoms. The number of nitrogens with one attached hydrogen (secondary N) is 1. The van der Waals surface area contributed by atoms with E-state index in [-0.39, 0.29) is 5.91 Å². The number of hydrogen-bond acceptors (Lipinski definition) is 3. The van der Waals surface area contributed by atoms with E-state index in [2.05, 4.69) is 12.2 Å². The highest BCUT2D eigenvalue weighted by Crippen LogP contribution is 2.26. The van der Waals surface area contributed by atoms with E-state index in [9.17, 15) is 4.79 Å². The van der Waals surface area contributed by atoms with Gasteiger partial charge in [-0.2, -0.15) is 11.8 Å². The molecule has 0 aromatic heterocycles. The number of carbonyl (C=O) groups is 1. The molecule has 1 heterocycles. The molecule has 1 aliphatic heterocycles. The fourth-order valence-corrected chi connectivity index (χ4v) is 2.44. The van der Waals surface area contributed by atoms with Gasteiger partial charge in [0.05, 0.1) is 5.54 Å². The first-order valence-electron chi connectivity index (χ1n) is 4.61. The first-order valence-corrected chi connectivity index (χ1v) is 5.66. The van der Waals surface area contributed by atoms with Gasteiger partial charge >= 0.3 is 0 Å². The summed E-state index contributed by atoms with van der Waals surface area (Å²) in [7, 11) is 0. The molecule has 0 aromatic carbocycles. The molecule has 0 bridgehead atoms. The zero-order valence-corrected chi connectivity index (χ0v) is 9.28. The van der Waals surface area contributed by atoms with Gasteiger partial charge in [-0.15, -0.1) is 0 Å². The second-order valence-electron chi connectivity index (χ2n) is 4.27. The predicted octanol–water partition coefficient (Wildman–Crippen LogP) is 0.734. The SMILES string of the molecule is CC1CC(NC(=O)C(C)(C)N)CS1. The van der Waals surface area contributed by atoms with E-state index in [4.69, 9.17) is 5.73 Å². The maximum atomic E-state index is 11.5. The number of carbonyl (C=O) groups excluding carboxylic acids is 1. The Morgan fingerprint density at radius 3 is 2.62 bits per heavy atom. The molecule has 4 heteroatoms. The van der Waals surface area contributed by atoms with Crippen LogP contribution in [0.25, 0.3) is 0 Å². The van der Waals surface area contributed by atoms with E-state index >= 15 is 0 Å². The average molecular weight is 202 g/mol. The second-order valence-corrected chi connectivity index (χ2v) is 5.74. The maximum absolute atomic E-state index is 11.5. The van der Waals surface area contributed by atoms with Crippen LogP contribution in [0.2, 0.25) is 0 Å². The van der Waals surface area contributed by atoms with Crippen molar-refractivity contribution < 1.29 is 4.79 Å². The molecule has 1 aliphatic rings. The summed E-state index contributed by atoms with van der Waals surface area (Å²) in [6, 6.07) is 0.315. The Balaban J connectivity index is 2.37. The Bertz CT molecular complexity index is 200. The topological polar surface area (TPSA) is 55.1 Å². The minimum atomic E-state index is -0.753. The van der Waals surface area contributed by atoms with Crippen LogP contribution >= 0.6 is 11.8 Å². The van der Waals surface area contributed by atoms with Gasteiger partial charge in [0.1, 0.15) is 0 Å². The first-order chi connectivity index (χ1) is 5.89. The molecule has 1 fully saturated rings. The van der Waals surface area contributed by atoms with Gasteiger partial charge < -0.3 is 11.1 Å². The molecule has 1 amide bonds. The van der Waals surface area contributed by atoms with Crippen LogP contribution in [0.4, 0.5) is 0 Å². The molecule has 1 rings (SSSR count). The smallest absolute Gasteiger partial charge is 0.239 e. The molecule has 13 heavy (non-hydrogen) atoms. The van der Waals surface area contributed by atoms with Crippen LogP contribution in [0, 0.1) is 0 Å². The summed E-state index contributed by atoms with van der Waals surface area (Å²) in [4.78, 5) is 11.5. The van der Waals surface area contributed by atoms with Crippen molar-refractivity contribution in [3.05, 3.63) is 0 Å². The van der Waals surface area contributed by atoms with Gasteiger partial charge in [-0.3, -0.25) is 4.79 Å². The molecule has 3 nitrogen and oxygen atoms in total. The summed E-state index contributed by atoms with van der Waals surface area (Å²) < 4.78 is 0. The molecule has 2 atom stereocenters. The third-order valence-electron chi connectivity index (χ3n) is 2.12. The predicted molar refractivity (Wildman–Crippen MR) is 56.7 cm³/mol. The van der Waals surface area contributed by atoms with Crippen molar-refractivity contribution in [2.75, 3.05) is 5.75 Å². The van der Waals surface area contributed by atoms with Gasteiger partial charge in [-0.05, 0) is 20.3 Å². The van der Waals surface area contributed by atoms with Crippen molar-refractivity contribution >= 4 is 17.7 Å². The van der Waals surface area contributed by atoms with Crippen molar-refractivity contribution in [2.24, 2.45) is 5.73 Å². The standard InChI is InChI=1S/C9H18N2OS/c1-6-4-7(5-13-6)11-8(12)9(2,3)10/h6-7H,4-5,10H2,1-3H3,(H,11,12). The molecule has 0 radical (unpaired) electrons. The largest absolute Gasteiger partial charge is 0.351 e. The first kappa shape index (κ1) is 10.9. The van der Waals surface area contributed by atoms with Crippen LogP contribution in [0.1, 0.15) is 27.2 Å². The quantitative estimate of drug-likeness (QED) is 0.694. The number of rotatable bonds is 2. The highest BCUT2D eigenvalue weighted by Gasteiger charge is 2.28. The summed E-state index contributed by atoms with van der Waals surface area (Å²) in [5.74, 6) is 0.968. The lowest BCUT2D eigenvalue weighted by atomic mass is 10.1. The van der Waals surface area contributed by atoms with Crippen molar-refractivity contribution in [2.45, 2.75) is 44.0 Å². The minimum Gasteiger partial charge on any atom is -0.351 e. The monoisotopic (exact) mass is 202 g/mol. The third kappa shape index (κ3) is 3.19. The van der Waals surface area contributed by atoms with Gasteiger partial charge in [-0.25, -0.2) is 0 Å². The molecule has 3 N–H and O–H groups in total. The summed E-state index contributed by atoms with van der Waals surface area (Å²) in [6.45, 7) is 5.64. The third-order valence-corrected chi connectivity index (χ3v) is 3.48. The Kier molecular flexibility index (Phi) is 3.24. The Morgan fingerprint density at radius 2 is 2.23 bits per heavy atom. The fraction of sp³-hybridized carbons (Fsp3) is 0.889. The lowest BCUT2D eigenvalue weighted by molar-refractivity contribution is -0.125. The van der Waals surface area contributed by atoms with E-state index in [0.717, 1.165) is 12.2 Å². The van der Waals surface area contributed by atoms with Crippen molar-refractivity contribution in [3.63, 3.8) is 0 Å². The van der Waals surface area contributed by atoms with Crippen molar-refractivity contribution in [3.8, 4) is 0 Å². The highest BCUT2D eigenvalue weighted by atomic mass is 32.2.